The third-order valence-corrected chi connectivity index (χ3v) is 4.40. The summed E-state index contributed by atoms with van der Waals surface area (Å²) in [5.41, 5.74) is 2.04. The molecule has 8 nitrogen and oxygen atoms in total. The predicted molar refractivity (Wildman–Crippen MR) is 98.0 cm³/mol. The number of fused-ring (bicyclic) bond motifs is 1. The van der Waals surface area contributed by atoms with E-state index in [1.165, 1.54) is 6.07 Å². The summed E-state index contributed by atoms with van der Waals surface area (Å²) < 4.78 is 12.2. The molecular formula is C20H17N3O5. The lowest BCUT2D eigenvalue weighted by Gasteiger charge is -2.17. The van der Waals surface area contributed by atoms with E-state index in [4.69, 9.17) is 9.15 Å². The van der Waals surface area contributed by atoms with Gasteiger partial charge < -0.3 is 14.5 Å². The second-order valence-corrected chi connectivity index (χ2v) is 6.39. The van der Waals surface area contributed by atoms with Crippen molar-refractivity contribution in [3.05, 3.63) is 71.4 Å². The van der Waals surface area contributed by atoms with Gasteiger partial charge in [0.15, 0.2) is 12.4 Å². The molecule has 1 aliphatic rings. The summed E-state index contributed by atoms with van der Waals surface area (Å²) in [7, 11) is 0. The largest absolute Gasteiger partial charge is 0.452 e. The van der Waals surface area contributed by atoms with Crippen molar-refractivity contribution >= 4 is 23.3 Å². The fourth-order valence-electron chi connectivity index (χ4n) is 2.97. The number of Topliss-reactive ketones (excluding diaryl/α,β-unsaturated/α-hetero) is 1. The molecule has 28 heavy (non-hydrogen) atoms. The van der Waals surface area contributed by atoms with Crippen LogP contribution in [0.1, 0.15) is 38.7 Å². The van der Waals surface area contributed by atoms with Gasteiger partial charge in [-0.05, 0) is 48.4 Å². The first-order chi connectivity index (χ1) is 13.6. The third-order valence-electron chi connectivity index (χ3n) is 4.40. The van der Waals surface area contributed by atoms with E-state index in [1.807, 2.05) is 0 Å². The average molecular weight is 379 g/mol. The summed E-state index contributed by atoms with van der Waals surface area (Å²) >= 11 is 0. The molecule has 0 atom stereocenters. The first kappa shape index (κ1) is 17.7. The van der Waals surface area contributed by atoms with Gasteiger partial charge >= 0.3 is 5.97 Å². The quantitative estimate of drug-likeness (QED) is 0.521. The predicted octanol–water partition coefficient (Wildman–Crippen LogP) is 2.45. The van der Waals surface area contributed by atoms with Crippen LogP contribution in [-0.2, 0) is 22.5 Å². The number of hydrogen-bond donors (Lipinski definition) is 1. The van der Waals surface area contributed by atoms with Gasteiger partial charge in [-0.3, -0.25) is 14.3 Å². The van der Waals surface area contributed by atoms with E-state index in [1.54, 1.807) is 47.4 Å². The number of furan rings is 1. The number of ketones is 1. The molecule has 3 heterocycles. The molecule has 0 radical (unpaired) electrons. The van der Waals surface area contributed by atoms with Gasteiger partial charge in [0.05, 0.1) is 6.54 Å². The molecule has 4 rings (SSSR count). The fraction of sp³-hybridized carbons (Fsp3) is 0.200. The van der Waals surface area contributed by atoms with E-state index in [0.29, 0.717) is 36.4 Å². The standard InChI is InChI=1S/C20H17N3O5/c24-17(14-2-5-16-13(10-14)3-7-19(25)22-16)12-27-20(26)18-6-4-15(28-18)11-23-9-1-8-21-23/h1-2,4-6,8-10H,3,7,11-12H2,(H,22,25). The molecule has 0 bridgehead atoms. The molecule has 142 valence electrons. The number of rotatable bonds is 6. The molecule has 1 N–H and O–H groups in total. The summed E-state index contributed by atoms with van der Waals surface area (Å²) in [4.78, 5) is 35.9. The van der Waals surface area contributed by atoms with Crippen LogP contribution in [0.4, 0.5) is 5.69 Å². The Morgan fingerprint density at radius 1 is 1.21 bits per heavy atom. The average Bonchev–Trinajstić information content (AvgIpc) is 3.38. The van der Waals surface area contributed by atoms with Gasteiger partial charge in [-0.1, -0.05) is 0 Å². The van der Waals surface area contributed by atoms with Crippen LogP contribution in [0, 0.1) is 0 Å². The third kappa shape index (κ3) is 3.85. The van der Waals surface area contributed by atoms with Gasteiger partial charge in [0.2, 0.25) is 11.7 Å². The highest BCUT2D eigenvalue weighted by Gasteiger charge is 2.19. The molecule has 3 aromatic rings. The topological polar surface area (TPSA) is 103 Å². The molecular weight excluding hydrogens is 362 g/mol. The molecule has 8 heteroatoms. The van der Waals surface area contributed by atoms with Crippen molar-refractivity contribution in [2.45, 2.75) is 19.4 Å². The minimum absolute atomic E-state index is 0.0307. The molecule has 0 aliphatic carbocycles. The molecule has 1 aromatic carbocycles. The number of aryl methyl sites for hydroxylation is 1. The SMILES string of the molecule is O=C1CCc2cc(C(=O)COC(=O)c3ccc(Cn4cccn4)o3)ccc2N1. The van der Waals surface area contributed by atoms with Crippen LogP contribution in [-0.4, -0.2) is 34.0 Å². The minimum atomic E-state index is -0.703. The summed E-state index contributed by atoms with van der Waals surface area (Å²) in [6.45, 7) is 0.00401. The van der Waals surface area contributed by atoms with E-state index < -0.39 is 5.97 Å². The molecule has 0 saturated carbocycles. The van der Waals surface area contributed by atoms with E-state index in [2.05, 4.69) is 10.4 Å². The summed E-state index contributed by atoms with van der Waals surface area (Å²) in [6, 6.07) is 9.98. The van der Waals surface area contributed by atoms with Gasteiger partial charge in [0.1, 0.15) is 5.76 Å². The molecule has 0 fully saturated rings. The molecule has 1 amide bonds. The first-order valence-electron chi connectivity index (χ1n) is 8.78. The number of anilines is 1. The summed E-state index contributed by atoms with van der Waals surface area (Å²) in [5.74, 6) is -0.477. The lowest BCUT2D eigenvalue weighted by atomic mass is 9.99. The van der Waals surface area contributed by atoms with E-state index in [-0.39, 0.29) is 24.1 Å². The Morgan fingerprint density at radius 2 is 2.11 bits per heavy atom. The molecule has 0 unspecified atom stereocenters. The number of aromatic nitrogens is 2. The smallest absolute Gasteiger partial charge is 0.374 e. The lowest BCUT2D eigenvalue weighted by molar-refractivity contribution is -0.116. The second-order valence-electron chi connectivity index (χ2n) is 6.39. The Labute approximate surface area is 160 Å². The maximum atomic E-state index is 12.3. The van der Waals surface area contributed by atoms with Crippen molar-refractivity contribution in [1.82, 2.24) is 9.78 Å². The van der Waals surface area contributed by atoms with Gasteiger partial charge in [-0.15, -0.1) is 0 Å². The Hall–Kier alpha value is -3.68. The normalized spacial score (nSPS) is 12.9. The number of amides is 1. The zero-order valence-electron chi connectivity index (χ0n) is 14.9. The van der Waals surface area contributed by atoms with Crippen molar-refractivity contribution in [2.75, 3.05) is 11.9 Å². The van der Waals surface area contributed by atoms with E-state index >= 15 is 0 Å². The van der Waals surface area contributed by atoms with Crippen LogP contribution in [0.25, 0.3) is 0 Å². The minimum Gasteiger partial charge on any atom is -0.452 e. The Kier molecular flexibility index (Phi) is 4.76. The van der Waals surface area contributed by atoms with Crippen molar-refractivity contribution in [2.24, 2.45) is 0 Å². The Bertz CT molecular complexity index is 1040. The van der Waals surface area contributed by atoms with Gasteiger partial charge in [-0.2, -0.15) is 5.10 Å². The fourth-order valence-corrected chi connectivity index (χ4v) is 2.97. The van der Waals surface area contributed by atoms with E-state index in [0.717, 1.165) is 5.56 Å². The van der Waals surface area contributed by atoms with Crippen molar-refractivity contribution < 1.29 is 23.5 Å². The maximum Gasteiger partial charge on any atom is 0.374 e. The van der Waals surface area contributed by atoms with Crippen LogP contribution < -0.4 is 5.32 Å². The van der Waals surface area contributed by atoms with Gasteiger partial charge in [-0.25, -0.2) is 4.79 Å². The molecule has 0 spiro atoms. The van der Waals surface area contributed by atoms with Crippen LogP contribution in [0.2, 0.25) is 0 Å². The Morgan fingerprint density at radius 3 is 2.93 bits per heavy atom. The highest BCUT2D eigenvalue weighted by Crippen LogP contribution is 2.23. The monoisotopic (exact) mass is 379 g/mol. The number of benzene rings is 1. The van der Waals surface area contributed by atoms with Crippen LogP contribution >= 0.6 is 0 Å². The first-order valence-corrected chi connectivity index (χ1v) is 8.78. The van der Waals surface area contributed by atoms with Crippen molar-refractivity contribution in [1.29, 1.82) is 0 Å². The molecule has 2 aromatic heterocycles. The number of nitrogens with zero attached hydrogens (tertiary/aromatic N) is 2. The van der Waals surface area contributed by atoms with Crippen LogP contribution in [0.15, 0.2) is 53.2 Å². The summed E-state index contributed by atoms with van der Waals surface area (Å²) in [6.07, 6.45) is 4.40. The van der Waals surface area contributed by atoms with E-state index in [9.17, 15) is 14.4 Å². The number of hydrogen-bond acceptors (Lipinski definition) is 6. The van der Waals surface area contributed by atoms with Crippen molar-refractivity contribution in [3.63, 3.8) is 0 Å². The van der Waals surface area contributed by atoms with Crippen LogP contribution in [0.5, 0.6) is 0 Å². The highest BCUT2D eigenvalue weighted by atomic mass is 16.5. The summed E-state index contributed by atoms with van der Waals surface area (Å²) in [5, 5.41) is 6.83. The van der Waals surface area contributed by atoms with Gasteiger partial charge in [0.25, 0.3) is 0 Å². The number of carbonyl (C=O) groups is 3. The van der Waals surface area contributed by atoms with Gasteiger partial charge in [0, 0.05) is 30.1 Å². The number of ether oxygens (including phenoxy) is 1. The number of esters is 1. The lowest BCUT2D eigenvalue weighted by Crippen LogP contribution is -2.20. The molecule has 1 aliphatic heterocycles. The zero-order valence-corrected chi connectivity index (χ0v) is 14.9. The van der Waals surface area contributed by atoms with Crippen molar-refractivity contribution in [3.8, 4) is 0 Å². The van der Waals surface area contributed by atoms with Crippen LogP contribution in [0.3, 0.4) is 0 Å². The maximum absolute atomic E-state index is 12.3. The molecule has 0 saturated heterocycles. The Balaban J connectivity index is 1.35. The second kappa shape index (κ2) is 7.51. The number of nitrogens with one attached hydrogen (secondary N) is 1. The zero-order chi connectivity index (χ0) is 19.5. The number of carbonyl (C=O) groups excluding carboxylic acids is 3. The highest BCUT2D eigenvalue weighted by molar-refractivity contribution is 6.00.